The molecule has 0 fully saturated rings. The predicted octanol–water partition coefficient (Wildman–Crippen LogP) is 2.58. The van der Waals surface area contributed by atoms with Crippen molar-refractivity contribution in [2.45, 2.75) is 18.9 Å². The smallest absolute Gasteiger partial charge is 0.0908 e. The van der Waals surface area contributed by atoms with Gasteiger partial charge in [-0.2, -0.15) is 5.26 Å². The maximum Gasteiger partial charge on any atom is 0.0908 e. The van der Waals surface area contributed by atoms with Gasteiger partial charge in [-0.15, -0.1) is 0 Å². The quantitative estimate of drug-likeness (QED) is 0.736. The molecule has 2 heteroatoms. The van der Waals surface area contributed by atoms with Crippen molar-refractivity contribution >= 4 is 0 Å². The molecule has 1 unspecified atom stereocenters. The highest BCUT2D eigenvalue weighted by Gasteiger charge is 2.04. The Morgan fingerprint density at radius 3 is 2.71 bits per heavy atom. The molecule has 0 aliphatic heterocycles. The molecule has 14 heavy (non-hydrogen) atoms. The van der Waals surface area contributed by atoms with E-state index in [-0.39, 0.29) is 0 Å². The van der Waals surface area contributed by atoms with Crippen LogP contribution in [0.25, 0.3) is 0 Å². The normalized spacial score (nSPS) is 12.6. The van der Waals surface area contributed by atoms with Gasteiger partial charge in [0.2, 0.25) is 0 Å². The van der Waals surface area contributed by atoms with Crippen molar-refractivity contribution in [3.05, 3.63) is 48.0 Å². The van der Waals surface area contributed by atoms with Crippen molar-refractivity contribution in [2.75, 3.05) is 0 Å². The lowest BCUT2D eigenvalue weighted by Gasteiger charge is -2.08. The molecule has 0 aliphatic rings. The zero-order valence-corrected chi connectivity index (χ0v) is 7.93. The molecule has 1 rings (SSSR count). The maximum absolute atomic E-state index is 9.70. The summed E-state index contributed by atoms with van der Waals surface area (Å²) in [6.45, 7) is 0. The summed E-state index contributed by atoms with van der Waals surface area (Å²) in [4.78, 5) is 0. The third-order valence-corrected chi connectivity index (χ3v) is 1.98. The SMILES string of the molecule is N#C/C=C/CCC(O)c1ccccc1. The number of allylic oxidation sites excluding steroid dienone is 2. The molecule has 0 spiro atoms. The average molecular weight is 187 g/mol. The van der Waals surface area contributed by atoms with Crippen molar-refractivity contribution in [3.63, 3.8) is 0 Å². The van der Waals surface area contributed by atoms with Gasteiger partial charge in [0.05, 0.1) is 12.2 Å². The van der Waals surface area contributed by atoms with Gasteiger partial charge in [0, 0.05) is 6.08 Å². The molecule has 1 N–H and O–H groups in total. The van der Waals surface area contributed by atoms with Gasteiger partial charge in [-0.05, 0) is 18.4 Å². The fourth-order valence-corrected chi connectivity index (χ4v) is 1.23. The lowest BCUT2D eigenvalue weighted by molar-refractivity contribution is 0.169. The Hall–Kier alpha value is -1.59. The first-order valence-corrected chi connectivity index (χ1v) is 4.62. The molecule has 0 saturated carbocycles. The summed E-state index contributed by atoms with van der Waals surface area (Å²) in [5, 5.41) is 18.0. The van der Waals surface area contributed by atoms with E-state index in [0.717, 1.165) is 12.0 Å². The van der Waals surface area contributed by atoms with Gasteiger partial charge in [-0.25, -0.2) is 0 Å². The minimum atomic E-state index is -0.431. The van der Waals surface area contributed by atoms with Crippen LogP contribution in [0.4, 0.5) is 0 Å². The van der Waals surface area contributed by atoms with Crippen LogP contribution >= 0.6 is 0 Å². The van der Waals surface area contributed by atoms with Crippen LogP contribution in [0, 0.1) is 11.3 Å². The number of aliphatic hydroxyl groups excluding tert-OH is 1. The number of nitriles is 1. The highest BCUT2D eigenvalue weighted by molar-refractivity contribution is 5.17. The molecule has 72 valence electrons. The second kappa shape index (κ2) is 5.95. The summed E-state index contributed by atoms with van der Waals surface area (Å²) in [7, 11) is 0. The highest BCUT2D eigenvalue weighted by atomic mass is 16.3. The van der Waals surface area contributed by atoms with E-state index in [0.29, 0.717) is 6.42 Å². The molecule has 0 heterocycles. The molecule has 2 nitrogen and oxygen atoms in total. The van der Waals surface area contributed by atoms with Crippen LogP contribution < -0.4 is 0 Å². The van der Waals surface area contributed by atoms with Crippen molar-refractivity contribution in [2.24, 2.45) is 0 Å². The van der Waals surface area contributed by atoms with Crippen LogP contribution in [0.5, 0.6) is 0 Å². The minimum absolute atomic E-state index is 0.431. The summed E-state index contributed by atoms with van der Waals surface area (Å²) >= 11 is 0. The number of benzene rings is 1. The van der Waals surface area contributed by atoms with Crippen molar-refractivity contribution in [1.29, 1.82) is 5.26 Å². The van der Waals surface area contributed by atoms with Crippen LogP contribution in [0.3, 0.4) is 0 Å². The van der Waals surface area contributed by atoms with Gasteiger partial charge < -0.3 is 5.11 Å². The largest absolute Gasteiger partial charge is 0.388 e. The van der Waals surface area contributed by atoms with E-state index >= 15 is 0 Å². The van der Waals surface area contributed by atoms with Gasteiger partial charge in [0.1, 0.15) is 0 Å². The zero-order chi connectivity index (χ0) is 10.2. The van der Waals surface area contributed by atoms with E-state index in [1.807, 2.05) is 36.4 Å². The van der Waals surface area contributed by atoms with Gasteiger partial charge in [0.25, 0.3) is 0 Å². The van der Waals surface area contributed by atoms with E-state index in [4.69, 9.17) is 5.26 Å². The maximum atomic E-state index is 9.70. The number of rotatable bonds is 4. The molecule has 0 amide bonds. The van der Waals surface area contributed by atoms with Crippen LogP contribution in [0.1, 0.15) is 24.5 Å². The van der Waals surface area contributed by atoms with E-state index in [1.54, 1.807) is 6.08 Å². The van der Waals surface area contributed by atoms with Gasteiger partial charge >= 0.3 is 0 Å². The fourth-order valence-electron chi connectivity index (χ4n) is 1.23. The molecule has 0 bridgehead atoms. The van der Waals surface area contributed by atoms with Crippen LogP contribution in [0.15, 0.2) is 42.5 Å². The molecule has 1 atom stereocenters. The number of hydrogen-bond acceptors (Lipinski definition) is 2. The molecular formula is C12H13NO. The second-order valence-electron chi connectivity index (χ2n) is 3.04. The monoisotopic (exact) mass is 187 g/mol. The Morgan fingerprint density at radius 2 is 2.07 bits per heavy atom. The van der Waals surface area contributed by atoms with Gasteiger partial charge in [0.15, 0.2) is 0 Å². The first-order valence-electron chi connectivity index (χ1n) is 4.62. The lowest BCUT2D eigenvalue weighted by Crippen LogP contribution is -1.95. The number of aliphatic hydroxyl groups is 1. The van der Waals surface area contributed by atoms with E-state index in [2.05, 4.69) is 0 Å². The van der Waals surface area contributed by atoms with Gasteiger partial charge in [-0.1, -0.05) is 36.4 Å². The molecule has 0 radical (unpaired) electrons. The Balaban J connectivity index is 2.40. The minimum Gasteiger partial charge on any atom is -0.388 e. The van der Waals surface area contributed by atoms with Crippen molar-refractivity contribution < 1.29 is 5.11 Å². The molecule has 0 saturated heterocycles. The standard InChI is InChI=1S/C12H13NO/c13-10-6-2-5-9-12(14)11-7-3-1-4-8-11/h1-4,6-8,12,14H,5,9H2/b6-2+. The number of nitrogens with zero attached hydrogens (tertiary/aromatic N) is 1. The molecule has 1 aromatic carbocycles. The first-order chi connectivity index (χ1) is 6.84. The number of hydrogen-bond donors (Lipinski definition) is 1. The summed E-state index contributed by atoms with van der Waals surface area (Å²) in [6.07, 6.45) is 4.16. The summed E-state index contributed by atoms with van der Waals surface area (Å²) in [5.74, 6) is 0. The third kappa shape index (κ3) is 3.42. The average Bonchev–Trinajstić information content (AvgIpc) is 2.25. The van der Waals surface area contributed by atoms with E-state index in [1.165, 1.54) is 6.08 Å². The summed E-state index contributed by atoms with van der Waals surface area (Å²) in [6, 6.07) is 11.5. The van der Waals surface area contributed by atoms with Crippen molar-refractivity contribution in [1.82, 2.24) is 0 Å². The Kier molecular flexibility index (Phi) is 4.46. The van der Waals surface area contributed by atoms with Crippen LogP contribution in [-0.2, 0) is 0 Å². The van der Waals surface area contributed by atoms with E-state index < -0.39 is 6.10 Å². The lowest BCUT2D eigenvalue weighted by atomic mass is 10.1. The Bertz CT molecular complexity index is 324. The third-order valence-electron chi connectivity index (χ3n) is 1.98. The summed E-state index contributed by atoms with van der Waals surface area (Å²) in [5.41, 5.74) is 0.929. The summed E-state index contributed by atoms with van der Waals surface area (Å²) < 4.78 is 0. The fraction of sp³-hybridized carbons (Fsp3) is 0.250. The van der Waals surface area contributed by atoms with Gasteiger partial charge in [-0.3, -0.25) is 0 Å². The Morgan fingerprint density at radius 1 is 1.36 bits per heavy atom. The second-order valence-corrected chi connectivity index (χ2v) is 3.04. The predicted molar refractivity (Wildman–Crippen MR) is 55.4 cm³/mol. The first kappa shape index (κ1) is 10.5. The molecule has 0 aliphatic carbocycles. The van der Waals surface area contributed by atoms with Crippen LogP contribution in [0.2, 0.25) is 0 Å². The Labute approximate surface area is 84.1 Å². The zero-order valence-electron chi connectivity index (χ0n) is 7.93. The van der Waals surface area contributed by atoms with Crippen molar-refractivity contribution in [3.8, 4) is 6.07 Å². The van der Waals surface area contributed by atoms with E-state index in [9.17, 15) is 5.11 Å². The topological polar surface area (TPSA) is 44.0 Å². The molecular weight excluding hydrogens is 174 g/mol. The molecule has 1 aromatic rings. The molecule has 0 aromatic heterocycles. The highest BCUT2D eigenvalue weighted by Crippen LogP contribution is 2.17. The van der Waals surface area contributed by atoms with Crippen LogP contribution in [-0.4, -0.2) is 5.11 Å².